The Bertz CT molecular complexity index is 673. The van der Waals surface area contributed by atoms with Crippen molar-refractivity contribution in [2.45, 2.75) is 6.42 Å². The fourth-order valence-corrected chi connectivity index (χ4v) is 2.18. The van der Waals surface area contributed by atoms with Crippen LogP contribution in [0.3, 0.4) is 0 Å². The van der Waals surface area contributed by atoms with E-state index in [2.05, 4.69) is 10.3 Å². The minimum Gasteiger partial charge on any atom is -0.486 e. The predicted octanol–water partition coefficient (Wildman–Crippen LogP) is 2.42. The van der Waals surface area contributed by atoms with Crippen molar-refractivity contribution in [1.29, 1.82) is 0 Å². The molecule has 1 aliphatic rings. The normalized spacial score (nSPS) is 12.7. The maximum atomic E-state index is 10.6. The van der Waals surface area contributed by atoms with Crippen LogP contribution in [0.1, 0.15) is 5.56 Å². The number of benzene rings is 1. The highest BCUT2D eigenvalue weighted by molar-refractivity contribution is 5.44. The predicted molar refractivity (Wildman–Crippen MR) is 80.5 cm³/mol. The van der Waals surface area contributed by atoms with Gasteiger partial charge in [0.15, 0.2) is 11.5 Å². The van der Waals surface area contributed by atoms with E-state index in [4.69, 9.17) is 9.47 Å². The average molecular weight is 301 g/mol. The maximum absolute atomic E-state index is 10.6. The number of nitrogens with zero attached hydrogens (tertiary/aromatic N) is 2. The van der Waals surface area contributed by atoms with E-state index in [-0.39, 0.29) is 5.69 Å². The third-order valence-electron chi connectivity index (χ3n) is 3.29. The number of nitrogens with one attached hydrogen (secondary N) is 1. The van der Waals surface area contributed by atoms with Gasteiger partial charge >= 0.3 is 0 Å². The first-order valence-electron chi connectivity index (χ1n) is 6.95. The van der Waals surface area contributed by atoms with Crippen molar-refractivity contribution in [2.75, 3.05) is 25.1 Å². The lowest BCUT2D eigenvalue weighted by Crippen LogP contribution is -2.15. The first kappa shape index (κ1) is 14.1. The van der Waals surface area contributed by atoms with Crippen LogP contribution in [0.15, 0.2) is 36.5 Å². The smallest absolute Gasteiger partial charge is 0.287 e. The third kappa shape index (κ3) is 3.25. The standard InChI is InChI=1S/C15H15N3O4/c19-18(20)12-2-4-15(17-10-12)16-6-5-11-1-3-13-14(9-11)22-8-7-21-13/h1-4,9-10H,5-8H2,(H,16,17). The van der Waals surface area contributed by atoms with Gasteiger partial charge in [0.1, 0.15) is 25.2 Å². The Labute approximate surface area is 127 Å². The SMILES string of the molecule is O=[N+]([O-])c1ccc(NCCc2ccc3c(c2)OCCO3)nc1. The van der Waals surface area contributed by atoms with Crippen LogP contribution in [0.25, 0.3) is 0 Å². The van der Waals surface area contributed by atoms with Gasteiger partial charge in [0, 0.05) is 12.6 Å². The highest BCUT2D eigenvalue weighted by atomic mass is 16.6. The Morgan fingerprint density at radius 3 is 2.73 bits per heavy atom. The number of hydrogen-bond donors (Lipinski definition) is 1. The molecule has 1 aromatic heterocycles. The Morgan fingerprint density at radius 2 is 2.00 bits per heavy atom. The number of rotatable bonds is 5. The van der Waals surface area contributed by atoms with Crippen molar-refractivity contribution in [3.8, 4) is 11.5 Å². The molecule has 1 N–H and O–H groups in total. The molecule has 0 atom stereocenters. The number of pyridine rings is 1. The van der Waals surface area contributed by atoms with Gasteiger partial charge in [-0.1, -0.05) is 6.07 Å². The molecule has 0 amide bonds. The van der Waals surface area contributed by atoms with Crippen molar-refractivity contribution in [3.05, 3.63) is 52.2 Å². The Balaban J connectivity index is 1.55. The molecule has 0 unspecified atom stereocenters. The summed E-state index contributed by atoms with van der Waals surface area (Å²) in [6.45, 7) is 1.82. The second-order valence-corrected chi connectivity index (χ2v) is 4.81. The van der Waals surface area contributed by atoms with Crippen LogP contribution in [-0.4, -0.2) is 29.7 Å². The Hall–Kier alpha value is -2.83. The number of nitro groups is 1. The molecule has 0 spiro atoms. The fraction of sp³-hybridized carbons (Fsp3) is 0.267. The molecular formula is C15H15N3O4. The molecule has 1 aliphatic heterocycles. The number of anilines is 1. The summed E-state index contributed by atoms with van der Waals surface area (Å²) in [5.41, 5.74) is 1.11. The third-order valence-corrected chi connectivity index (χ3v) is 3.29. The summed E-state index contributed by atoms with van der Waals surface area (Å²) >= 11 is 0. The van der Waals surface area contributed by atoms with Gasteiger partial charge in [0.2, 0.25) is 0 Å². The lowest BCUT2D eigenvalue weighted by atomic mass is 10.1. The fourth-order valence-electron chi connectivity index (χ4n) is 2.18. The highest BCUT2D eigenvalue weighted by Gasteiger charge is 2.11. The van der Waals surface area contributed by atoms with E-state index >= 15 is 0 Å². The molecule has 0 radical (unpaired) electrons. The zero-order valence-electron chi connectivity index (χ0n) is 11.8. The van der Waals surface area contributed by atoms with E-state index < -0.39 is 4.92 Å². The molecular weight excluding hydrogens is 286 g/mol. The summed E-state index contributed by atoms with van der Waals surface area (Å²) in [6.07, 6.45) is 2.03. The van der Waals surface area contributed by atoms with Crippen molar-refractivity contribution in [1.82, 2.24) is 4.98 Å². The summed E-state index contributed by atoms with van der Waals surface area (Å²) in [5, 5.41) is 13.7. The second-order valence-electron chi connectivity index (χ2n) is 4.81. The molecule has 1 aromatic carbocycles. The number of hydrogen-bond acceptors (Lipinski definition) is 6. The van der Waals surface area contributed by atoms with Crippen molar-refractivity contribution in [3.63, 3.8) is 0 Å². The first-order valence-corrected chi connectivity index (χ1v) is 6.95. The molecule has 0 aliphatic carbocycles. The van der Waals surface area contributed by atoms with E-state index in [1.165, 1.54) is 12.3 Å². The van der Waals surface area contributed by atoms with Gasteiger partial charge in [-0.25, -0.2) is 4.98 Å². The van der Waals surface area contributed by atoms with Crippen molar-refractivity contribution in [2.24, 2.45) is 0 Å². The second kappa shape index (κ2) is 6.30. The molecule has 0 saturated heterocycles. The molecule has 0 fully saturated rings. The van der Waals surface area contributed by atoms with Crippen LogP contribution in [0.5, 0.6) is 11.5 Å². The monoisotopic (exact) mass is 301 g/mol. The summed E-state index contributed by atoms with van der Waals surface area (Å²) in [7, 11) is 0. The van der Waals surface area contributed by atoms with Gasteiger partial charge in [0.05, 0.1) is 4.92 Å². The van der Waals surface area contributed by atoms with Gasteiger partial charge in [0.25, 0.3) is 5.69 Å². The molecule has 0 saturated carbocycles. The van der Waals surface area contributed by atoms with Crippen LogP contribution >= 0.6 is 0 Å². The molecule has 114 valence electrons. The summed E-state index contributed by atoms with van der Waals surface area (Å²) < 4.78 is 11.0. The molecule has 22 heavy (non-hydrogen) atoms. The molecule has 2 heterocycles. The maximum Gasteiger partial charge on any atom is 0.287 e. The van der Waals surface area contributed by atoms with Crippen LogP contribution in [-0.2, 0) is 6.42 Å². The molecule has 2 aromatic rings. The van der Waals surface area contributed by atoms with E-state index in [9.17, 15) is 10.1 Å². The quantitative estimate of drug-likeness (QED) is 0.674. The van der Waals surface area contributed by atoms with E-state index in [1.807, 2.05) is 18.2 Å². The van der Waals surface area contributed by atoms with Crippen LogP contribution < -0.4 is 14.8 Å². The molecule has 0 bridgehead atoms. The summed E-state index contributed by atoms with van der Waals surface area (Å²) in [4.78, 5) is 14.1. The van der Waals surface area contributed by atoms with Crippen molar-refractivity contribution >= 4 is 11.5 Å². The summed E-state index contributed by atoms with van der Waals surface area (Å²) in [6, 6.07) is 8.91. The Morgan fingerprint density at radius 1 is 1.18 bits per heavy atom. The van der Waals surface area contributed by atoms with Gasteiger partial charge in [-0.05, 0) is 30.2 Å². The minimum absolute atomic E-state index is 0.0163. The Kier molecular flexibility index (Phi) is 4.04. The van der Waals surface area contributed by atoms with E-state index in [0.29, 0.717) is 25.6 Å². The number of fused-ring (bicyclic) bond motifs is 1. The van der Waals surface area contributed by atoms with Crippen molar-refractivity contribution < 1.29 is 14.4 Å². The summed E-state index contributed by atoms with van der Waals surface area (Å²) in [5.74, 6) is 2.17. The minimum atomic E-state index is -0.466. The van der Waals surface area contributed by atoms with Crippen LogP contribution in [0, 0.1) is 10.1 Å². The van der Waals surface area contributed by atoms with E-state index in [1.54, 1.807) is 6.07 Å². The zero-order valence-corrected chi connectivity index (χ0v) is 11.8. The lowest BCUT2D eigenvalue weighted by Gasteiger charge is -2.18. The van der Waals surface area contributed by atoms with Gasteiger partial charge in [-0.3, -0.25) is 10.1 Å². The van der Waals surface area contributed by atoms with E-state index in [0.717, 1.165) is 23.5 Å². The largest absolute Gasteiger partial charge is 0.486 e. The average Bonchev–Trinajstić information content (AvgIpc) is 2.55. The van der Waals surface area contributed by atoms with Crippen LogP contribution in [0.2, 0.25) is 0 Å². The number of aromatic nitrogens is 1. The zero-order chi connectivity index (χ0) is 15.4. The number of ether oxygens (including phenoxy) is 2. The van der Waals surface area contributed by atoms with Gasteiger partial charge in [-0.15, -0.1) is 0 Å². The molecule has 3 rings (SSSR count). The molecule has 7 nitrogen and oxygen atoms in total. The lowest BCUT2D eigenvalue weighted by molar-refractivity contribution is -0.385. The first-order chi connectivity index (χ1) is 10.7. The topological polar surface area (TPSA) is 86.5 Å². The van der Waals surface area contributed by atoms with Gasteiger partial charge in [-0.2, -0.15) is 0 Å². The highest BCUT2D eigenvalue weighted by Crippen LogP contribution is 2.30. The van der Waals surface area contributed by atoms with Crippen LogP contribution in [0.4, 0.5) is 11.5 Å². The van der Waals surface area contributed by atoms with Gasteiger partial charge < -0.3 is 14.8 Å². The molecule has 7 heteroatoms.